The number of alkyl carbamates (subject to hydrolysis) is 1. The fraction of sp³-hybridized carbons (Fsp3) is 0.747. The molecule has 30 nitrogen and oxygen atoms in total. The molecule has 0 saturated carbocycles. The number of aliphatic hydroxyl groups is 2. The Bertz CT molecular complexity index is 3130. The number of methoxy groups -OCH3 is 1. The largest absolute Gasteiger partial charge is 0.445 e. The second-order valence-electron chi connectivity index (χ2n) is 29.8. The first-order valence-electron chi connectivity index (χ1n) is 37.8. The van der Waals surface area contributed by atoms with Crippen LogP contribution in [0.4, 0.5) is 15.3 Å². The minimum atomic E-state index is -1.12. The molecule has 0 spiro atoms. The molecule has 0 radical (unpaired) electrons. The van der Waals surface area contributed by atoms with Crippen LogP contribution in [0.3, 0.4) is 0 Å². The number of nitrogens with two attached hydrogens (primary N) is 1. The lowest BCUT2D eigenvalue weighted by Crippen LogP contribution is -2.61. The molecular formula is C75H113N7O23. The average molecular weight is 1480 g/mol. The smallest absolute Gasteiger partial charge is 0.407 e. The maximum atomic E-state index is 14.0. The van der Waals surface area contributed by atoms with Crippen LogP contribution >= 0.6 is 0 Å². The molecule has 1 aromatic rings. The number of ether oxygens (including phenoxy) is 11. The SMILES string of the molecule is C=C1CC(CC[C@]23C[C@@H](O)C(CCCC)(O2)C2CC(O3)[C@H]3OC(CC(=O)CC4CO[C@H](CC(O)CNC(=O)OCc5ccc(NC(=O)C(CCCNC(N)=O)NC(=O)C(NC(=O)CCOCCOCCC(=O)ON6C(=O)CCC6=O)C(C)C)cc5)[C@@H]4OC)CCC3O2)O[C@H]1CCC1C[C@@H](C)C(=C)[C@@H](C)O1. The van der Waals surface area contributed by atoms with Crippen LogP contribution in [0, 0.1) is 17.8 Å². The summed E-state index contributed by atoms with van der Waals surface area (Å²) in [6, 6.07) is 3.48. The highest BCUT2D eigenvalue weighted by Gasteiger charge is 2.66. The fourth-order valence-electron chi connectivity index (χ4n) is 15.7. The second-order valence-corrected chi connectivity index (χ2v) is 29.8. The van der Waals surface area contributed by atoms with Gasteiger partial charge in [-0.25, -0.2) is 14.4 Å². The van der Waals surface area contributed by atoms with E-state index in [0.717, 1.165) is 49.7 Å². The Morgan fingerprint density at radius 3 is 2.27 bits per heavy atom. The zero-order chi connectivity index (χ0) is 75.5. The van der Waals surface area contributed by atoms with E-state index in [0.29, 0.717) is 67.2 Å². The topological polar surface area (TPSA) is 394 Å². The van der Waals surface area contributed by atoms with Gasteiger partial charge in [-0.05, 0) is 112 Å². The van der Waals surface area contributed by atoms with Crippen LogP contribution in [0.15, 0.2) is 48.6 Å². The third-order valence-electron chi connectivity index (χ3n) is 21.5. The van der Waals surface area contributed by atoms with Crippen LogP contribution in [-0.2, 0) is 97.1 Å². The number of benzene rings is 1. The Balaban J connectivity index is 0.671. The fourth-order valence-corrected chi connectivity index (χ4v) is 15.7. The van der Waals surface area contributed by atoms with E-state index in [9.17, 15) is 53.4 Å². The molecule has 8 aliphatic heterocycles. The van der Waals surface area contributed by atoms with Crippen molar-refractivity contribution in [2.45, 2.75) is 285 Å². The predicted molar refractivity (Wildman–Crippen MR) is 377 cm³/mol. The van der Waals surface area contributed by atoms with Crippen molar-refractivity contribution >= 4 is 59.1 Å². The highest BCUT2D eigenvalue weighted by atomic mass is 16.8. The van der Waals surface area contributed by atoms with E-state index in [1.54, 1.807) is 45.2 Å². The van der Waals surface area contributed by atoms with Crippen molar-refractivity contribution in [1.29, 1.82) is 0 Å². The van der Waals surface area contributed by atoms with Gasteiger partial charge >= 0.3 is 18.1 Å². The number of aliphatic hydroxyl groups excluding tert-OH is 2. The second kappa shape index (κ2) is 39.0. The molecule has 9 rings (SSSR count). The highest BCUT2D eigenvalue weighted by molar-refractivity contribution is 6.01. The summed E-state index contributed by atoms with van der Waals surface area (Å²) in [6.45, 7) is 18.6. The van der Waals surface area contributed by atoms with Crippen molar-refractivity contribution in [3.63, 3.8) is 0 Å². The summed E-state index contributed by atoms with van der Waals surface area (Å²) in [5.41, 5.74) is 7.46. The third-order valence-corrected chi connectivity index (χ3v) is 21.5. The number of unbranched alkanes of at least 4 members (excludes halogenated alkanes) is 1. The first-order valence-corrected chi connectivity index (χ1v) is 37.8. The van der Waals surface area contributed by atoms with Gasteiger partial charge in [-0.1, -0.05) is 65.8 Å². The number of fused-ring (bicyclic) bond motifs is 7. The number of urea groups is 1. The lowest BCUT2D eigenvalue weighted by atomic mass is 9.78. The van der Waals surface area contributed by atoms with Gasteiger partial charge in [0.1, 0.15) is 36.2 Å². The highest BCUT2D eigenvalue weighted by Crippen LogP contribution is 2.55. The van der Waals surface area contributed by atoms with Gasteiger partial charge in [0, 0.05) is 89.6 Å². The van der Waals surface area contributed by atoms with Gasteiger partial charge in [0.15, 0.2) is 5.79 Å². The lowest BCUT2D eigenvalue weighted by molar-refractivity contribution is -0.280. The van der Waals surface area contributed by atoms with E-state index in [4.69, 9.17) is 62.7 Å². The Hall–Kier alpha value is -6.55. The minimum absolute atomic E-state index is 0.00576. The van der Waals surface area contributed by atoms with E-state index in [-0.39, 0.29) is 165 Å². The molecule has 8 heterocycles. The van der Waals surface area contributed by atoms with E-state index >= 15 is 0 Å². The van der Waals surface area contributed by atoms with Gasteiger partial charge in [0.2, 0.25) is 17.7 Å². The van der Waals surface area contributed by atoms with E-state index < -0.39 is 114 Å². The molecule has 8 aliphatic rings. The molecule has 105 heavy (non-hydrogen) atoms. The number of primary amides is 1. The maximum Gasteiger partial charge on any atom is 0.407 e. The Morgan fingerprint density at radius 2 is 1.56 bits per heavy atom. The number of hydrogen-bond donors (Lipinski definition) is 8. The summed E-state index contributed by atoms with van der Waals surface area (Å²) in [7, 11) is 1.54. The van der Waals surface area contributed by atoms with Crippen LogP contribution in [0.5, 0.6) is 0 Å². The predicted octanol–water partition coefficient (Wildman–Crippen LogP) is 5.63. The van der Waals surface area contributed by atoms with Crippen LogP contribution in [0.25, 0.3) is 0 Å². The molecule has 0 aromatic heterocycles. The summed E-state index contributed by atoms with van der Waals surface area (Å²) in [5.74, 6) is -5.07. The first-order chi connectivity index (χ1) is 50.2. The number of hydrogen-bond acceptors (Lipinski definition) is 23. The molecule has 8 amide bonds. The van der Waals surface area contributed by atoms with E-state index in [1.807, 2.05) is 0 Å². The van der Waals surface area contributed by atoms with E-state index in [2.05, 4.69) is 60.5 Å². The van der Waals surface area contributed by atoms with Crippen molar-refractivity contribution in [1.82, 2.24) is 26.3 Å². The summed E-state index contributed by atoms with van der Waals surface area (Å²) in [6.07, 6.45) is 4.00. The van der Waals surface area contributed by atoms with Crippen molar-refractivity contribution in [2.24, 2.45) is 23.5 Å². The molecule has 4 bridgehead atoms. The molecule has 11 unspecified atom stereocenters. The average Bonchev–Trinajstić information content (AvgIpc) is 1.57. The number of nitrogens with zero attached hydrogens (tertiary/aromatic N) is 1. The summed E-state index contributed by atoms with van der Waals surface area (Å²) in [5, 5.41) is 36.8. The Kier molecular flexibility index (Phi) is 30.6. The Morgan fingerprint density at radius 1 is 0.819 bits per heavy atom. The minimum Gasteiger partial charge on any atom is -0.445 e. The van der Waals surface area contributed by atoms with Crippen molar-refractivity contribution in [3.05, 3.63) is 54.1 Å². The van der Waals surface area contributed by atoms with Crippen LogP contribution in [-0.4, -0.2) is 225 Å². The van der Waals surface area contributed by atoms with Gasteiger partial charge in [-0.3, -0.25) is 28.8 Å². The number of nitrogens with one attached hydrogen (secondary N) is 5. The van der Waals surface area contributed by atoms with Crippen LogP contribution < -0.4 is 32.3 Å². The van der Waals surface area contributed by atoms with Crippen molar-refractivity contribution in [2.75, 3.05) is 58.6 Å². The monoisotopic (exact) mass is 1480 g/mol. The molecule has 8 fully saturated rings. The molecule has 30 heteroatoms. The summed E-state index contributed by atoms with van der Waals surface area (Å²) < 4.78 is 69.2. The number of carbonyl (C=O) groups excluding carboxylic acids is 9. The van der Waals surface area contributed by atoms with Gasteiger partial charge in [-0.2, -0.15) is 0 Å². The molecule has 586 valence electrons. The third kappa shape index (κ3) is 23.0. The number of hydroxylamine groups is 2. The quantitative estimate of drug-likeness (QED) is 0.0224. The van der Waals surface area contributed by atoms with Gasteiger partial charge in [-0.15, -0.1) is 5.06 Å². The molecular weight excluding hydrogens is 1370 g/mol. The summed E-state index contributed by atoms with van der Waals surface area (Å²) >= 11 is 0. The van der Waals surface area contributed by atoms with E-state index in [1.165, 1.54) is 0 Å². The number of ketones is 1. The Labute approximate surface area is 614 Å². The van der Waals surface area contributed by atoms with Gasteiger partial charge in [0.25, 0.3) is 11.8 Å². The molecule has 19 atom stereocenters. The van der Waals surface area contributed by atoms with Crippen molar-refractivity contribution in [3.8, 4) is 0 Å². The molecule has 1 aromatic carbocycles. The number of anilines is 1. The molecule has 8 saturated heterocycles. The number of carbonyl (C=O) groups is 9. The zero-order valence-electron chi connectivity index (χ0n) is 61.8. The number of Topliss-reactive ketones (excluding diaryl/α,β-unsaturated/α-hetero) is 1. The van der Waals surface area contributed by atoms with Gasteiger partial charge < -0.3 is 99.5 Å². The molecule has 9 N–H and O–H groups in total. The summed E-state index contributed by atoms with van der Waals surface area (Å²) in [4.78, 5) is 119. The number of amides is 8. The van der Waals surface area contributed by atoms with Crippen LogP contribution in [0.1, 0.15) is 181 Å². The lowest BCUT2D eigenvalue weighted by Gasteiger charge is -2.49. The van der Waals surface area contributed by atoms with Crippen molar-refractivity contribution < 1.29 is 110 Å². The maximum absolute atomic E-state index is 14.0. The standard InChI is InChI=1S/C75H113N7O23/c1-9-10-26-75-61(85)39-74(105-75,27-23-55-34-45(5)57(100-55)19-17-53-33-44(4)46(6)47(7)99-53)103-60-38-62(75)102-58-20-18-54(101-69(58)60)36-51(83)35-49-42-97-59(68(49)94-8)37-52(84)40-78-73(93)98-41-48-13-15-50(16-14-48)79-70(90)56(12-11-28-77-72(76)92)80-71(91)67(43(2)3)81-63(86)24-29-95-31-32-96-30-25-66(89)104-82-64(87)21-22-65(82)88/h13-16,43-44,47,49,52-62,67-69,84-85H,5-6,9-12,17-42H2,1-4,7-8H3,(H,78,93)(H,79,90)(H,80,91)(H,81,86)(H3,76,77,92)/t44-,47-,49?,52?,53?,54?,55?,56?,57+,58?,59-,60?,61-,62?,67?,68-,69+,74-,75?/m1/s1. The zero-order valence-corrected chi connectivity index (χ0v) is 61.8. The first kappa shape index (κ1) is 82.5. The van der Waals surface area contributed by atoms with Gasteiger partial charge in [0.05, 0.1) is 113 Å². The number of imide groups is 1. The normalized spacial score (nSPS) is 30.8. The molecule has 0 aliphatic carbocycles. The van der Waals surface area contributed by atoms with Crippen LogP contribution in [0.2, 0.25) is 0 Å². The number of rotatable bonds is 40.